The van der Waals surface area contributed by atoms with Crippen molar-refractivity contribution >= 4 is 0 Å². The van der Waals surface area contributed by atoms with Crippen LogP contribution in [-0.2, 0) is 0 Å². The molecule has 1 aromatic heterocycles. The highest BCUT2D eigenvalue weighted by atomic mass is 19.3. The van der Waals surface area contributed by atoms with Crippen LogP contribution in [0.25, 0.3) is 0 Å². The Morgan fingerprint density at radius 1 is 1.45 bits per heavy atom. The van der Waals surface area contributed by atoms with E-state index in [1.54, 1.807) is 13.8 Å². The second-order valence-electron chi connectivity index (χ2n) is 2.50. The predicted octanol–water partition coefficient (Wildman–Crippen LogP) is 1.80. The van der Waals surface area contributed by atoms with Crippen molar-refractivity contribution in [1.29, 1.82) is 0 Å². The molecule has 0 N–H and O–H groups in total. The van der Waals surface area contributed by atoms with Crippen molar-refractivity contribution < 1.29 is 8.78 Å². The molecule has 0 aliphatic rings. The summed E-state index contributed by atoms with van der Waals surface area (Å²) in [5, 5.41) is 6.92. The maximum atomic E-state index is 12.1. The number of hydrogen-bond donors (Lipinski definition) is 0. The molecule has 0 fully saturated rings. The molecule has 0 spiro atoms. The smallest absolute Gasteiger partial charge is 0.241 e. The van der Waals surface area contributed by atoms with Crippen LogP contribution in [0.5, 0.6) is 0 Å². The van der Waals surface area contributed by atoms with E-state index in [-0.39, 0.29) is 11.7 Å². The molecule has 0 radical (unpaired) electrons. The molecular formula is C6H9F2N3. The van der Waals surface area contributed by atoms with E-state index in [0.29, 0.717) is 0 Å². The lowest BCUT2D eigenvalue weighted by atomic mass is 10.4. The Balaban J connectivity index is 2.96. The first-order valence-corrected chi connectivity index (χ1v) is 3.31. The maximum absolute atomic E-state index is 12.1. The van der Waals surface area contributed by atoms with Crippen LogP contribution in [0.2, 0.25) is 0 Å². The summed E-state index contributed by atoms with van der Waals surface area (Å²) in [6.45, 7) is 3.56. The van der Waals surface area contributed by atoms with Gasteiger partial charge >= 0.3 is 0 Å². The van der Waals surface area contributed by atoms with E-state index >= 15 is 0 Å². The van der Waals surface area contributed by atoms with Crippen molar-refractivity contribution in [2.45, 2.75) is 26.3 Å². The molecule has 0 saturated heterocycles. The standard InChI is InChI=1S/C6H9F2N3/c1-4(2)11-5(6(7)8)3-9-10-11/h3-4,6H,1-2H3. The average Bonchev–Trinajstić information content (AvgIpc) is 2.32. The highest BCUT2D eigenvalue weighted by molar-refractivity contribution is 4.96. The highest BCUT2D eigenvalue weighted by Gasteiger charge is 2.15. The predicted molar refractivity (Wildman–Crippen MR) is 35.4 cm³/mol. The summed E-state index contributed by atoms with van der Waals surface area (Å²) in [5.41, 5.74) is -0.125. The summed E-state index contributed by atoms with van der Waals surface area (Å²) in [6.07, 6.45) is -1.41. The molecule has 1 rings (SSSR count). The first kappa shape index (κ1) is 8.10. The number of alkyl halides is 2. The number of hydrogen-bond acceptors (Lipinski definition) is 2. The van der Waals surface area contributed by atoms with E-state index in [0.717, 1.165) is 6.20 Å². The molecular weight excluding hydrogens is 152 g/mol. The summed E-state index contributed by atoms with van der Waals surface area (Å²) in [4.78, 5) is 0. The average molecular weight is 161 g/mol. The monoisotopic (exact) mass is 161 g/mol. The van der Waals surface area contributed by atoms with Gasteiger partial charge in [-0.1, -0.05) is 5.21 Å². The van der Waals surface area contributed by atoms with Crippen molar-refractivity contribution in [3.05, 3.63) is 11.9 Å². The molecule has 0 bridgehead atoms. The van der Waals surface area contributed by atoms with E-state index < -0.39 is 6.43 Å². The number of rotatable bonds is 2. The van der Waals surface area contributed by atoms with Crippen LogP contribution < -0.4 is 0 Å². The number of halogens is 2. The zero-order chi connectivity index (χ0) is 8.43. The van der Waals surface area contributed by atoms with E-state index in [1.165, 1.54) is 4.68 Å². The second-order valence-corrected chi connectivity index (χ2v) is 2.50. The molecule has 0 aliphatic carbocycles. The van der Waals surface area contributed by atoms with Gasteiger partial charge < -0.3 is 0 Å². The minimum atomic E-state index is -2.49. The second kappa shape index (κ2) is 2.94. The van der Waals surface area contributed by atoms with Gasteiger partial charge in [0.1, 0.15) is 5.69 Å². The summed E-state index contributed by atoms with van der Waals surface area (Å²) in [7, 11) is 0. The molecule has 3 nitrogen and oxygen atoms in total. The summed E-state index contributed by atoms with van der Waals surface area (Å²) < 4.78 is 25.5. The van der Waals surface area contributed by atoms with Gasteiger partial charge in [-0.05, 0) is 13.8 Å². The van der Waals surface area contributed by atoms with Crippen molar-refractivity contribution in [3.63, 3.8) is 0 Å². The zero-order valence-corrected chi connectivity index (χ0v) is 6.33. The maximum Gasteiger partial charge on any atom is 0.281 e. The quantitative estimate of drug-likeness (QED) is 0.662. The molecule has 0 aromatic carbocycles. The van der Waals surface area contributed by atoms with Gasteiger partial charge in [-0.3, -0.25) is 0 Å². The van der Waals surface area contributed by atoms with Gasteiger partial charge in [-0.15, -0.1) is 5.10 Å². The van der Waals surface area contributed by atoms with Crippen LogP contribution in [-0.4, -0.2) is 15.0 Å². The molecule has 0 saturated carbocycles. The summed E-state index contributed by atoms with van der Waals surface area (Å²) >= 11 is 0. The Morgan fingerprint density at radius 2 is 2.09 bits per heavy atom. The molecule has 62 valence electrons. The van der Waals surface area contributed by atoms with Gasteiger partial charge in [0.2, 0.25) is 0 Å². The van der Waals surface area contributed by atoms with E-state index in [2.05, 4.69) is 10.3 Å². The molecule has 0 amide bonds. The molecule has 0 unspecified atom stereocenters. The third-order valence-electron chi connectivity index (χ3n) is 1.32. The topological polar surface area (TPSA) is 30.7 Å². The molecule has 1 heterocycles. The van der Waals surface area contributed by atoms with Crippen LogP contribution in [0.15, 0.2) is 6.20 Å². The van der Waals surface area contributed by atoms with E-state index in [4.69, 9.17) is 0 Å². The Kier molecular flexibility index (Phi) is 2.16. The molecule has 0 atom stereocenters. The van der Waals surface area contributed by atoms with Gasteiger partial charge in [-0.2, -0.15) is 0 Å². The van der Waals surface area contributed by atoms with Crippen molar-refractivity contribution in [3.8, 4) is 0 Å². The summed E-state index contributed by atoms with van der Waals surface area (Å²) in [6, 6.07) is -0.0681. The fourth-order valence-electron chi connectivity index (χ4n) is 0.809. The van der Waals surface area contributed by atoms with Crippen molar-refractivity contribution in [1.82, 2.24) is 15.0 Å². The Hall–Kier alpha value is -1.00. The highest BCUT2D eigenvalue weighted by Crippen LogP contribution is 2.19. The van der Waals surface area contributed by atoms with Gasteiger partial charge in [0.05, 0.1) is 6.20 Å². The Morgan fingerprint density at radius 3 is 2.45 bits per heavy atom. The first-order valence-electron chi connectivity index (χ1n) is 3.31. The van der Waals surface area contributed by atoms with Crippen molar-refractivity contribution in [2.75, 3.05) is 0 Å². The minimum absolute atomic E-state index is 0.0681. The third-order valence-corrected chi connectivity index (χ3v) is 1.32. The lowest BCUT2D eigenvalue weighted by Crippen LogP contribution is -2.07. The molecule has 5 heteroatoms. The first-order chi connectivity index (χ1) is 5.13. The van der Waals surface area contributed by atoms with Crippen LogP contribution in [0.1, 0.15) is 32.0 Å². The van der Waals surface area contributed by atoms with Gasteiger partial charge in [0, 0.05) is 6.04 Å². The third kappa shape index (κ3) is 1.53. The minimum Gasteiger partial charge on any atom is -0.241 e. The van der Waals surface area contributed by atoms with Gasteiger partial charge in [0.25, 0.3) is 6.43 Å². The lowest BCUT2D eigenvalue weighted by Gasteiger charge is -2.07. The largest absolute Gasteiger partial charge is 0.281 e. The van der Waals surface area contributed by atoms with Crippen LogP contribution in [0, 0.1) is 0 Å². The summed E-state index contributed by atoms with van der Waals surface area (Å²) in [5.74, 6) is 0. The van der Waals surface area contributed by atoms with Crippen LogP contribution in [0.3, 0.4) is 0 Å². The number of nitrogens with zero attached hydrogens (tertiary/aromatic N) is 3. The fourth-order valence-corrected chi connectivity index (χ4v) is 0.809. The van der Waals surface area contributed by atoms with Crippen LogP contribution in [0.4, 0.5) is 8.78 Å². The SMILES string of the molecule is CC(C)n1nncc1C(F)F. The van der Waals surface area contributed by atoms with Crippen molar-refractivity contribution in [2.24, 2.45) is 0 Å². The zero-order valence-electron chi connectivity index (χ0n) is 6.33. The normalized spacial score (nSPS) is 11.5. The molecule has 1 aromatic rings. The molecule has 0 aliphatic heterocycles. The molecule has 11 heavy (non-hydrogen) atoms. The Bertz CT molecular complexity index is 209. The van der Waals surface area contributed by atoms with Gasteiger partial charge in [0.15, 0.2) is 0 Å². The van der Waals surface area contributed by atoms with E-state index in [1.807, 2.05) is 0 Å². The van der Waals surface area contributed by atoms with E-state index in [9.17, 15) is 8.78 Å². The fraction of sp³-hybridized carbons (Fsp3) is 0.667. The lowest BCUT2D eigenvalue weighted by molar-refractivity contribution is 0.137. The Labute approximate surface area is 63.0 Å². The van der Waals surface area contributed by atoms with Crippen LogP contribution >= 0.6 is 0 Å². The number of aromatic nitrogens is 3. The van der Waals surface area contributed by atoms with Gasteiger partial charge in [-0.25, -0.2) is 13.5 Å².